The molecule has 0 aliphatic carbocycles. The van der Waals surface area contributed by atoms with Crippen LogP contribution in [-0.4, -0.2) is 24.2 Å². The van der Waals surface area contributed by atoms with Crippen LogP contribution in [-0.2, 0) is 4.79 Å². The molecule has 0 radical (unpaired) electrons. The molecule has 1 fully saturated rings. The molecule has 1 aliphatic heterocycles. The van der Waals surface area contributed by atoms with Crippen molar-refractivity contribution in [1.82, 2.24) is 5.32 Å². The minimum atomic E-state index is -0.671. The number of hydrogen-bond donors (Lipinski definition) is 2. The molecule has 3 nitrogen and oxygen atoms in total. The van der Waals surface area contributed by atoms with Gasteiger partial charge >= 0.3 is 5.97 Å². The Hall–Kier alpha value is 0.300. The van der Waals surface area contributed by atoms with Crippen LogP contribution in [0, 0.1) is 5.92 Å². The summed E-state index contributed by atoms with van der Waals surface area (Å²) >= 11 is 0. The maximum Gasteiger partial charge on any atom is 0.307 e. The lowest BCUT2D eigenvalue weighted by atomic mass is 10.1. The summed E-state index contributed by atoms with van der Waals surface area (Å²) in [4.78, 5) is 10.2. The Labute approximate surface area is 84.2 Å². The van der Waals surface area contributed by atoms with Gasteiger partial charge in [0.15, 0.2) is 0 Å². The van der Waals surface area contributed by atoms with Gasteiger partial charge in [-0.2, -0.15) is 0 Å². The summed E-state index contributed by atoms with van der Waals surface area (Å²) in [6, 6.07) is 0. The van der Waals surface area contributed by atoms with Gasteiger partial charge in [0.1, 0.15) is 0 Å². The summed E-state index contributed by atoms with van der Waals surface area (Å²) in [6.07, 6.45) is 0.787. The number of hydrogen-bond acceptors (Lipinski definition) is 2. The molecule has 1 aliphatic rings. The van der Waals surface area contributed by atoms with Crippen LogP contribution in [0.5, 0.6) is 0 Å². The Morgan fingerprint density at radius 2 is 1.91 bits per heavy atom. The zero-order valence-corrected chi connectivity index (χ0v) is 8.23. The molecule has 11 heavy (non-hydrogen) atoms. The fourth-order valence-electron chi connectivity index (χ4n) is 0.865. The van der Waals surface area contributed by atoms with Gasteiger partial charge in [-0.1, -0.05) is 0 Å². The van der Waals surface area contributed by atoms with Gasteiger partial charge in [-0.25, -0.2) is 0 Å². The lowest BCUT2D eigenvalue weighted by molar-refractivity contribution is -0.140. The van der Waals surface area contributed by atoms with Crippen LogP contribution in [0.3, 0.4) is 0 Å². The van der Waals surface area contributed by atoms with Crippen molar-refractivity contribution in [3.05, 3.63) is 0 Å². The minimum Gasteiger partial charge on any atom is -0.481 e. The van der Waals surface area contributed by atoms with Gasteiger partial charge in [0.05, 0.1) is 5.92 Å². The summed E-state index contributed by atoms with van der Waals surface area (Å²) in [5, 5.41) is 11.3. The predicted octanol–water partition coefficient (Wildman–Crippen LogP) is 0.946. The van der Waals surface area contributed by atoms with Crippen molar-refractivity contribution in [3.8, 4) is 0 Å². The Morgan fingerprint density at radius 3 is 2.09 bits per heavy atom. The third kappa shape index (κ3) is 5.56. The highest BCUT2D eigenvalue weighted by Gasteiger charge is 2.20. The van der Waals surface area contributed by atoms with Crippen molar-refractivity contribution in [2.75, 3.05) is 13.1 Å². The average molecular weight is 225 g/mol. The standard InChI is InChI=1S/C5H9NO2.3ClH/c7-5(8)4-1-2-6-3-4;;;/h4,6H,1-3H2,(H,7,8);3*1H. The number of carboxylic acids is 1. The topological polar surface area (TPSA) is 49.3 Å². The van der Waals surface area contributed by atoms with Crippen LogP contribution < -0.4 is 5.32 Å². The molecule has 0 bridgehead atoms. The first-order valence-electron chi connectivity index (χ1n) is 2.74. The van der Waals surface area contributed by atoms with Crippen LogP contribution >= 0.6 is 37.2 Å². The molecule has 0 aromatic rings. The van der Waals surface area contributed by atoms with E-state index in [9.17, 15) is 4.79 Å². The Morgan fingerprint density at radius 1 is 1.36 bits per heavy atom. The second kappa shape index (κ2) is 8.40. The Bertz CT molecular complexity index is 106. The van der Waals surface area contributed by atoms with Crippen molar-refractivity contribution in [2.45, 2.75) is 6.42 Å². The molecular weight excluding hydrogens is 212 g/mol. The molecule has 0 amide bonds. The first kappa shape index (κ1) is 17.4. The van der Waals surface area contributed by atoms with Crippen molar-refractivity contribution in [3.63, 3.8) is 0 Å². The fourth-order valence-corrected chi connectivity index (χ4v) is 0.865. The largest absolute Gasteiger partial charge is 0.481 e. The highest BCUT2D eigenvalue weighted by molar-refractivity contribution is 5.86. The van der Waals surface area contributed by atoms with E-state index in [0.717, 1.165) is 13.0 Å². The SMILES string of the molecule is Cl.Cl.Cl.O=C(O)C1CCNC1. The molecule has 0 aromatic heterocycles. The average Bonchev–Trinajstić information content (AvgIpc) is 2.12. The molecule has 0 spiro atoms. The first-order chi connectivity index (χ1) is 3.80. The molecule has 1 heterocycles. The quantitative estimate of drug-likeness (QED) is 0.697. The molecule has 1 unspecified atom stereocenters. The molecule has 1 saturated heterocycles. The molecule has 6 heteroatoms. The zero-order chi connectivity index (χ0) is 5.98. The van der Waals surface area contributed by atoms with E-state index in [4.69, 9.17) is 5.11 Å². The van der Waals surface area contributed by atoms with Crippen LogP contribution in [0.4, 0.5) is 0 Å². The van der Waals surface area contributed by atoms with Gasteiger partial charge in [0.2, 0.25) is 0 Å². The van der Waals surface area contributed by atoms with E-state index in [2.05, 4.69) is 5.32 Å². The minimum absolute atomic E-state index is 0. The van der Waals surface area contributed by atoms with Gasteiger partial charge in [-0.05, 0) is 13.0 Å². The van der Waals surface area contributed by atoms with Crippen molar-refractivity contribution >= 4 is 43.2 Å². The van der Waals surface area contributed by atoms with Gasteiger partial charge in [0.25, 0.3) is 0 Å². The molecule has 70 valence electrons. The van der Waals surface area contributed by atoms with E-state index < -0.39 is 5.97 Å². The summed E-state index contributed by atoms with van der Waals surface area (Å²) in [5.74, 6) is -0.801. The van der Waals surface area contributed by atoms with Crippen LogP contribution in [0.1, 0.15) is 6.42 Å². The number of nitrogens with one attached hydrogen (secondary N) is 1. The highest BCUT2D eigenvalue weighted by Crippen LogP contribution is 2.05. The Kier molecular flexibility index (Phi) is 13.3. The van der Waals surface area contributed by atoms with E-state index in [1.807, 2.05) is 0 Å². The highest BCUT2D eigenvalue weighted by atomic mass is 35.5. The van der Waals surface area contributed by atoms with Crippen LogP contribution in [0.2, 0.25) is 0 Å². The monoisotopic (exact) mass is 223 g/mol. The number of aliphatic carboxylic acids is 1. The smallest absolute Gasteiger partial charge is 0.307 e. The normalized spacial score (nSPS) is 20.5. The number of rotatable bonds is 1. The summed E-state index contributed by atoms with van der Waals surface area (Å²) in [6.45, 7) is 1.51. The lowest BCUT2D eigenvalue weighted by Crippen LogP contribution is -2.16. The summed E-state index contributed by atoms with van der Waals surface area (Å²) in [7, 11) is 0. The van der Waals surface area contributed by atoms with Crippen LogP contribution in [0.25, 0.3) is 0 Å². The first-order valence-corrected chi connectivity index (χ1v) is 2.74. The van der Waals surface area contributed by atoms with Gasteiger partial charge in [-0.15, -0.1) is 37.2 Å². The van der Waals surface area contributed by atoms with E-state index in [-0.39, 0.29) is 43.1 Å². The zero-order valence-electron chi connectivity index (χ0n) is 5.78. The molecule has 0 aromatic carbocycles. The Balaban J connectivity index is -0.000000213. The van der Waals surface area contributed by atoms with Crippen LogP contribution in [0.15, 0.2) is 0 Å². The molecule has 1 rings (SSSR count). The number of carbonyl (C=O) groups is 1. The molecule has 1 atom stereocenters. The van der Waals surface area contributed by atoms with Gasteiger partial charge in [0, 0.05) is 6.54 Å². The van der Waals surface area contributed by atoms with Crippen molar-refractivity contribution in [1.29, 1.82) is 0 Å². The molecular formula is C5H12Cl3NO2. The lowest BCUT2D eigenvalue weighted by Gasteiger charge is -1.96. The maximum absolute atomic E-state index is 10.2. The third-order valence-corrected chi connectivity index (χ3v) is 1.41. The van der Waals surface area contributed by atoms with E-state index in [1.165, 1.54) is 0 Å². The van der Waals surface area contributed by atoms with Crippen molar-refractivity contribution < 1.29 is 9.90 Å². The molecule has 2 N–H and O–H groups in total. The summed E-state index contributed by atoms with van der Waals surface area (Å²) < 4.78 is 0. The summed E-state index contributed by atoms with van der Waals surface area (Å²) in [5.41, 5.74) is 0. The number of carboxylic acid groups (broad SMARTS) is 1. The third-order valence-electron chi connectivity index (χ3n) is 1.41. The number of halogens is 3. The molecule has 0 saturated carbocycles. The van der Waals surface area contributed by atoms with E-state index in [0.29, 0.717) is 6.54 Å². The van der Waals surface area contributed by atoms with Gasteiger partial charge in [-0.3, -0.25) is 4.79 Å². The van der Waals surface area contributed by atoms with Gasteiger partial charge < -0.3 is 10.4 Å². The fraction of sp³-hybridized carbons (Fsp3) is 0.800. The van der Waals surface area contributed by atoms with Crippen molar-refractivity contribution in [2.24, 2.45) is 5.92 Å². The second-order valence-electron chi connectivity index (χ2n) is 2.03. The maximum atomic E-state index is 10.2. The van der Waals surface area contributed by atoms with E-state index >= 15 is 0 Å². The second-order valence-corrected chi connectivity index (χ2v) is 2.03. The predicted molar refractivity (Wildman–Crippen MR) is 50.4 cm³/mol. The van der Waals surface area contributed by atoms with E-state index in [1.54, 1.807) is 0 Å².